The first-order chi connectivity index (χ1) is 11.2. The molecule has 2 heterocycles. The Kier molecular flexibility index (Phi) is 3.77. The van der Waals surface area contributed by atoms with Gasteiger partial charge in [-0.1, -0.05) is 35.9 Å². The number of hydrogen-bond acceptors (Lipinski definition) is 3. The zero-order valence-corrected chi connectivity index (χ0v) is 13.5. The van der Waals surface area contributed by atoms with Crippen LogP contribution in [0.4, 0.5) is 0 Å². The van der Waals surface area contributed by atoms with E-state index in [1.165, 1.54) is 11.1 Å². The Morgan fingerprint density at radius 2 is 2.13 bits per heavy atom. The standard InChI is InChI=1S/C19H16ClNO2/c1-22-10-12-2-3-14-11-23-19(17(14)6-12)13-4-5-18-15(7-13)8-16(20)9-21-18/h2-9,19H,10-11H2,1H3. The van der Waals surface area contributed by atoms with Crippen LogP contribution >= 0.6 is 11.6 Å². The van der Waals surface area contributed by atoms with Crippen LogP contribution < -0.4 is 0 Å². The number of rotatable bonds is 3. The Morgan fingerprint density at radius 3 is 3.00 bits per heavy atom. The molecule has 0 fully saturated rings. The summed E-state index contributed by atoms with van der Waals surface area (Å²) in [6, 6.07) is 14.5. The molecule has 1 atom stereocenters. The van der Waals surface area contributed by atoms with Crippen molar-refractivity contribution in [1.82, 2.24) is 4.98 Å². The molecule has 23 heavy (non-hydrogen) atoms. The highest BCUT2D eigenvalue weighted by Crippen LogP contribution is 2.37. The molecule has 1 aromatic heterocycles. The minimum atomic E-state index is -0.0508. The van der Waals surface area contributed by atoms with E-state index in [2.05, 4.69) is 35.3 Å². The van der Waals surface area contributed by atoms with Gasteiger partial charge >= 0.3 is 0 Å². The van der Waals surface area contributed by atoms with Crippen molar-refractivity contribution in [1.29, 1.82) is 0 Å². The molecule has 0 saturated carbocycles. The van der Waals surface area contributed by atoms with Gasteiger partial charge in [0.25, 0.3) is 0 Å². The first kappa shape index (κ1) is 14.6. The Balaban J connectivity index is 1.76. The van der Waals surface area contributed by atoms with Crippen LogP contribution in [0.15, 0.2) is 48.7 Å². The Bertz CT molecular complexity index is 878. The van der Waals surface area contributed by atoms with Gasteiger partial charge in [-0.15, -0.1) is 0 Å². The number of pyridine rings is 1. The van der Waals surface area contributed by atoms with Gasteiger partial charge in [0, 0.05) is 18.7 Å². The maximum Gasteiger partial charge on any atom is 0.108 e. The zero-order chi connectivity index (χ0) is 15.8. The van der Waals surface area contributed by atoms with Crippen molar-refractivity contribution >= 4 is 22.5 Å². The van der Waals surface area contributed by atoms with Crippen LogP contribution in [-0.4, -0.2) is 12.1 Å². The van der Waals surface area contributed by atoms with Crippen LogP contribution in [-0.2, 0) is 22.7 Å². The lowest BCUT2D eigenvalue weighted by atomic mass is 9.96. The third-order valence-corrected chi connectivity index (χ3v) is 4.39. The molecule has 1 aliphatic rings. The van der Waals surface area contributed by atoms with Crippen molar-refractivity contribution in [3.63, 3.8) is 0 Å². The number of nitrogens with zero attached hydrogens (tertiary/aromatic N) is 1. The van der Waals surface area contributed by atoms with Gasteiger partial charge in [0.2, 0.25) is 0 Å². The molecule has 2 aromatic carbocycles. The maximum absolute atomic E-state index is 6.06. The van der Waals surface area contributed by atoms with Crippen LogP contribution in [0.5, 0.6) is 0 Å². The minimum absolute atomic E-state index is 0.0508. The van der Waals surface area contributed by atoms with Gasteiger partial charge in [0.15, 0.2) is 0 Å². The highest BCUT2D eigenvalue weighted by atomic mass is 35.5. The molecule has 0 spiro atoms. The van der Waals surface area contributed by atoms with Gasteiger partial charge < -0.3 is 9.47 Å². The number of benzene rings is 2. The van der Waals surface area contributed by atoms with Gasteiger partial charge in [-0.3, -0.25) is 4.98 Å². The van der Waals surface area contributed by atoms with E-state index in [1.807, 2.05) is 12.1 Å². The van der Waals surface area contributed by atoms with E-state index in [-0.39, 0.29) is 6.10 Å². The fourth-order valence-corrected chi connectivity index (χ4v) is 3.27. The summed E-state index contributed by atoms with van der Waals surface area (Å²) >= 11 is 6.06. The first-order valence-electron chi connectivity index (χ1n) is 7.52. The fraction of sp³-hybridized carbons (Fsp3) is 0.211. The van der Waals surface area contributed by atoms with Crippen LogP contribution in [0.25, 0.3) is 10.9 Å². The largest absolute Gasteiger partial charge is 0.380 e. The first-order valence-corrected chi connectivity index (χ1v) is 7.90. The highest BCUT2D eigenvalue weighted by Gasteiger charge is 2.25. The monoisotopic (exact) mass is 325 g/mol. The smallest absolute Gasteiger partial charge is 0.108 e. The molecule has 0 bridgehead atoms. The van der Waals surface area contributed by atoms with Crippen molar-refractivity contribution < 1.29 is 9.47 Å². The van der Waals surface area contributed by atoms with E-state index < -0.39 is 0 Å². The molecule has 0 N–H and O–H groups in total. The van der Waals surface area contributed by atoms with E-state index in [9.17, 15) is 0 Å². The lowest BCUT2D eigenvalue weighted by Crippen LogP contribution is -2.00. The lowest BCUT2D eigenvalue weighted by molar-refractivity contribution is 0.0939. The van der Waals surface area contributed by atoms with E-state index in [0.29, 0.717) is 18.2 Å². The predicted molar refractivity (Wildman–Crippen MR) is 90.5 cm³/mol. The summed E-state index contributed by atoms with van der Waals surface area (Å²) in [6.45, 7) is 1.25. The van der Waals surface area contributed by atoms with Crippen LogP contribution in [0.2, 0.25) is 5.02 Å². The van der Waals surface area contributed by atoms with Crippen LogP contribution in [0.3, 0.4) is 0 Å². The van der Waals surface area contributed by atoms with Crippen molar-refractivity contribution in [2.45, 2.75) is 19.3 Å². The van der Waals surface area contributed by atoms with Gasteiger partial charge in [0.1, 0.15) is 6.10 Å². The third-order valence-electron chi connectivity index (χ3n) is 4.18. The van der Waals surface area contributed by atoms with E-state index in [1.54, 1.807) is 13.3 Å². The summed E-state index contributed by atoms with van der Waals surface area (Å²) in [6.07, 6.45) is 1.62. The molecule has 1 aliphatic heterocycles. The quantitative estimate of drug-likeness (QED) is 0.702. The molecule has 0 saturated heterocycles. The summed E-state index contributed by atoms with van der Waals surface area (Å²) in [4.78, 5) is 4.34. The molecule has 4 heteroatoms. The predicted octanol–water partition coefficient (Wildman–Crippen LogP) is 4.65. The second-order valence-electron chi connectivity index (χ2n) is 5.76. The molecule has 0 radical (unpaired) electrons. The van der Waals surface area contributed by atoms with Crippen LogP contribution in [0.1, 0.15) is 28.4 Å². The second-order valence-corrected chi connectivity index (χ2v) is 6.20. The van der Waals surface area contributed by atoms with Crippen LogP contribution in [0, 0.1) is 0 Å². The van der Waals surface area contributed by atoms with E-state index >= 15 is 0 Å². The highest BCUT2D eigenvalue weighted by molar-refractivity contribution is 6.31. The average Bonchev–Trinajstić information content (AvgIpc) is 2.97. The summed E-state index contributed by atoms with van der Waals surface area (Å²) in [7, 11) is 1.71. The molecule has 1 unspecified atom stereocenters. The van der Waals surface area contributed by atoms with Gasteiger partial charge in [-0.2, -0.15) is 0 Å². The fourth-order valence-electron chi connectivity index (χ4n) is 3.10. The number of ether oxygens (including phenoxy) is 2. The topological polar surface area (TPSA) is 31.4 Å². The normalized spacial score (nSPS) is 16.7. The lowest BCUT2D eigenvalue weighted by Gasteiger charge is -2.13. The average molecular weight is 326 g/mol. The zero-order valence-electron chi connectivity index (χ0n) is 12.8. The van der Waals surface area contributed by atoms with Crippen molar-refractivity contribution in [2.75, 3.05) is 7.11 Å². The van der Waals surface area contributed by atoms with Gasteiger partial charge in [-0.05, 0) is 40.5 Å². The summed E-state index contributed by atoms with van der Waals surface area (Å²) < 4.78 is 11.3. The van der Waals surface area contributed by atoms with E-state index in [4.69, 9.17) is 21.1 Å². The van der Waals surface area contributed by atoms with Gasteiger partial charge in [0.05, 0.1) is 23.8 Å². The Morgan fingerprint density at radius 1 is 1.22 bits per heavy atom. The minimum Gasteiger partial charge on any atom is -0.380 e. The number of methoxy groups -OCH3 is 1. The van der Waals surface area contributed by atoms with Crippen molar-refractivity contribution in [2.24, 2.45) is 0 Å². The molecule has 0 aliphatic carbocycles. The third kappa shape index (κ3) is 2.72. The maximum atomic E-state index is 6.06. The van der Waals surface area contributed by atoms with Gasteiger partial charge in [-0.25, -0.2) is 0 Å². The second kappa shape index (κ2) is 5.93. The van der Waals surface area contributed by atoms with Crippen molar-refractivity contribution in [3.8, 4) is 0 Å². The molecule has 116 valence electrons. The molecule has 3 aromatic rings. The molecule has 4 rings (SSSR count). The Labute approximate surface area is 139 Å². The van der Waals surface area contributed by atoms with Crippen molar-refractivity contribution in [3.05, 3.63) is 75.9 Å². The molecular weight excluding hydrogens is 310 g/mol. The SMILES string of the molecule is COCc1ccc2c(c1)C(c1ccc3ncc(Cl)cc3c1)OC2. The molecule has 3 nitrogen and oxygen atoms in total. The van der Waals surface area contributed by atoms with E-state index in [0.717, 1.165) is 22.0 Å². The number of hydrogen-bond donors (Lipinski definition) is 0. The molecular formula is C19H16ClNO2. The number of aromatic nitrogens is 1. The summed E-state index contributed by atoms with van der Waals surface area (Å²) in [5, 5.41) is 1.67. The summed E-state index contributed by atoms with van der Waals surface area (Å²) in [5.74, 6) is 0. The summed E-state index contributed by atoms with van der Waals surface area (Å²) in [5.41, 5.74) is 5.67. The molecule has 0 amide bonds. The number of fused-ring (bicyclic) bond motifs is 2. The number of halogens is 1. The Hall–Kier alpha value is -1.94.